The van der Waals surface area contributed by atoms with E-state index < -0.39 is 0 Å². The topological polar surface area (TPSA) is 36.3 Å². The highest BCUT2D eigenvalue weighted by molar-refractivity contribution is 6.12. The SMILES string of the molecule is CCOc1ccccc1N1Cc2ccc(F)cc2C1=N. The van der Waals surface area contributed by atoms with Gasteiger partial charge in [-0.25, -0.2) is 4.39 Å². The van der Waals surface area contributed by atoms with Crippen LogP contribution in [-0.4, -0.2) is 12.4 Å². The number of nitrogens with one attached hydrogen (secondary N) is 1. The van der Waals surface area contributed by atoms with Crippen molar-refractivity contribution >= 4 is 11.5 Å². The minimum Gasteiger partial charge on any atom is -0.492 e. The van der Waals surface area contributed by atoms with Gasteiger partial charge in [-0.1, -0.05) is 18.2 Å². The second-order valence-corrected chi connectivity index (χ2v) is 4.64. The fourth-order valence-corrected chi connectivity index (χ4v) is 2.47. The van der Waals surface area contributed by atoms with Crippen molar-refractivity contribution in [2.45, 2.75) is 13.5 Å². The number of fused-ring (bicyclic) bond motifs is 1. The molecule has 0 saturated heterocycles. The molecular weight excluding hydrogens is 255 g/mol. The van der Waals surface area contributed by atoms with E-state index >= 15 is 0 Å². The molecule has 0 spiro atoms. The Kier molecular flexibility index (Phi) is 3.14. The summed E-state index contributed by atoms with van der Waals surface area (Å²) in [6.07, 6.45) is 0. The van der Waals surface area contributed by atoms with Gasteiger partial charge in [0.2, 0.25) is 0 Å². The van der Waals surface area contributed by atoms with E-state index in [0.29, 0.717) is 24.6 Å². The molecule has 4 heteroatoms. The average Bonchev–Trinajstić information content (AvgIpc) is 2.77. The van der Waals surface area contributed by atoms with Crippen molar-refractivity contribution in [1.29, 1.82) is 5.41 Å². The van der Waals surface area contributed by atoms with Crippen LogP contribution in [-0.2, 0) is 6.54 Å². The summed E-state index contributed by atoms with van der Waals surface area (Å²) in [6.45, 7) is 3.06. The van der Waals surface area contributed by atoms with Crippen LogP contribution in [0.4, 0.5) is 10.1 Å². The van der Waals surface area contributed by atoms with Crippen molar-refractivity contribution in [2.75, 3.05) is 11.5 Å². The highest BCUT2D eigenvalue weighted by atomic mass is 19.1. The Labute approximate surface area is 117 Å². The van der Waals surface area contributed by atoms with Gasteiger partial charge in [-0.05, 0) is 36.8 Å². The van der Waals surface area contributed by atoms with Gasteiger partial charge in [-0.15, -0.1) is 0 Å². The van der Waals surface area contributed by atoms with E-state index in [2.05, 4.69) is 0 Å². The van der Waals surface area contributed by atoms with Crippen molar-refractivity contribution in [2.24, 2.45) is 0 Å². The molecule has 102 valence electrons. The molecule has 0 amide bonds. The van der Waals surface area contributed by atoms with Crippen LogP contribution in [0.2, 0.25) is 0 Å². The maximum absolute atomic E-state index is 13.3. The van der Waals surface area contributed by atoms with E-state index in [1.54, 1.807) is 6.07 Å². The molecule has 0 unspecified atom stereocenters. The first-order chi connectivity index (χ1) is 9.70. The molecule has 0 atom stereocenters. The van der Waals surface area contributed by atoms with Gasteiger partial charge >= 0.3 is 0 Å². The third-order valence-corrected chi connectivity index (χ3v) is 3.38. The molecule has 0 radical (unpaired) electrons. The number of hydrogen-bond acceptors (Lipinski definition) is 2. The number of nitrogens with zero attached hydrogens (tertiary/aromatic N) is 1. The molecular formula is C16H15FN2O. The maximum Gasteiger partial charge on any atom is 0.142 e. The Hall–Kier alpha value is -2.36. The molecule has 2 aromatic carbocycles. The first kappa shape index (κ1) is 12.7. The molecule has 0 bridgehead atoms. The first-order valence-corrected chi connectivity index (χ1v) is 6.57. The van der Waals surface area contributed by atoms with E-state index in [-0.39, 0.29) is 5.82 Å². The molecule has 0 fully saturated rings. The summed E-state index contributed by atoms with van der Waals surface area (Å²) in [4.78, 5) is 1.84. The molecule has 1 aliphatic heterocycles. The van der Waals surface area contributed by atoms with Gasteiger partial charge in [-0.2, -0.15) is 0 Å². The number of rotatable bonds is 3. The predicted molar refractivity (Wildman–Crippen MR) is 77.0 cm³/mol. The van der Waals surface area contributed by atoms with Crippen LogP contribution in [0.1, 0.15) is 18.1 Å². The van der Waals surface area contributed by atoms with Crippen LogP contribution in [0.3, 0.4) is 0 Å². The van der Waals surface area contributed by atoms with Gasteiger partial charge in [0.15, 0.2) is 0 Å². The zero-order valence-electron chi connectivity index (χ0n) is 11.2. The van der Waals surface area contributed by atoms with Gasteiger partial charge in [-0.3, -0.25) is 5.41 Å². The highest BCUT2D eigenvalue weighted by Crippen LogP contribution is 2.34. The second kappa shape index (κ2) is 4.96. The Balaban J connectivity index is 2.00. The van der Waals surface area contributed by atoms with E-state index in [9.17, 15) is 4.39 Å². The van der Waals surface area contributed by atoms with Gasteiger partial charge in [0.1, 0.15) is 17.4 Å². The lowest BCUT2D eigenvalue weighted by atomic mass is 10.1. The van der Waals surface area contributed by atoms with Gasteiger partial charge < -0.3 is 9.64 Å². The van der Waals surface area contributed by atoms with E-state index in [1.807, 2.05) is 36.1 Å². The van der Waals surface area contributed by atoms with Crippen LogP contribution >= 0.6 is 0 Å². The minimum atomic E-state index is -0.312. The van der Waals surface area contributed by atoms with Crippen molar-refractivity contribution in [1.82, 2.24) is 0 Å². The molecule has 0 saturated carbocycles. The Morgan fingerprint density at radius 1 is 1.25 bits per heavy atom. The van der Waals surface area contributed by atoms with Crippen molar-refractivity contribution in [3.8, 4) is 5.75 Å². The number of halogens is 1. The number of benzene rings is 2. The van der Waals surface area contributed by atoms with Gasteiger partial charge in [0.25, 0.3) is 0 Å². The zero-order chi connectivity index (χ0) is 14.1. The van der Waals surface area contributed by atoms with Crippen LogP contribution in [0, 0.1) is 11.2 Å². The number of anilines is 1. The summed E-state index contributed by atoms with van der Waals surface area (Å²) in [5, 5.41) is 8.25. The summed E-state index contributed by atoms with van der Waals surface area (Å²) in [5.41, 5.74) is 2.45. The lowest BCUT2D eigenvalue weighted by molar-refractivity contribution is 0.341. The number of ether oxygens (including phenoxy) is 1. The first-order valence-electron chi connectivity index (χ1n) is 6.57. The van der Waals surface area contributed by atoms with Crippen LogP contribution < -0.4 is 9.64 Å². The van der Waals surface area contributed by atoms with E-state index in [1.165, 1.54) is 12.1 Å². The fraction of sp³-hybridized carbons (Fsp3) is 0.188. The third kappa shape index (κ3) is 2.03. The summed E-state index contributed by atoms with van der Waals surface area (Å²) >= 11 is 0. The monoisotopic (exact) mass is 270 g/mol. The predicted octanol–water partition coefficient (Wildman–Crippen LogP) is 3.57. The fourth-order valence-electron chi connectivity index (χ4n) is 2.47. The Morgan fingerprint density at radius 3 is 2.85 bits per heavy atom. The normalized spacial score (nSPS) is 13.5. The molecule has 3 rings (SSSR count). The quantitative estimate of drug-likeness (QED) is 0.925. The molecule has 2 aromatic rings. The van der Waals surface area contributed by atoms with Crippen LogP contribution in [0.25, 0.3) is 0 Å². The smallest absolute Gasteiger partial charge is 0.142 e. The summed E-state index contributed by atoms with van der Waals surface area (Å²) < 4.78 is 18.9. The summed E-state index contributed by atoms with van der Waals surface area (Å²) in [5.74, 6) is 0.744. The molecule has 1 N–H and O–H groups in total. The molecule has 1 aliphatic rings. The maximum atomic E-state index is 13.3. The molecule has 0 aromatic heterocycles. The molecule has 3 nitrogen and oxygen atoms in total. The lowest BCUT2D eigenvalue weighted by Gasteiger charge is -2.21. The van der Waals surface area contributed by atoms with Gasteiger partial charge in [0.05, 0.1) is 18.8 Å². The largest absolute Gasteiger partial charge is 0.492 e. The minimum absolute atomic E-state index is 0.312. The summed E-state index contributed by atoms with van der Waals surface area (Å²) in [7, 11) is 0. The lowest BCUT2D eigenvalue weighted by Crippen LogP contribution is -2.23. The van der Waals surface area contributed by atoms with Gasteiger partial charge in [0, 0.05) is 5.56 Å². The average molecular weight is 270 g/mol. The van der Waals surface area contributed by atoms with Crippen molar-refractivity contribution in [3.63, 3.8) is 0 Å². The zero-order valence-corrected chi connectivity index (χ0v) is 11.2. The van der Waals surface area contributed by atoms with Crippen LogP contribution in [0.15, 0.2) is 42.5 Å². The molecule has 20 heavy (non-hydrogen) atoms. The Bertz CT molecular complexity index is 669. The third-order valence-electron chi connectivity index (χ3n) is 3.38. The number of para-hydroxylation sites is 2. The van der Waals surface area contributed by atoms with E-state index in [4.69, 9.17) is 10.1 Å². The van der Waals surface area contributed by atoms with E-state index in [0.717, 1.165) is 17.0 Å². The van der Waals surface area contributed by atoms with Crippen molar-refractivity contribution < 1.29 is 9.13 Å². The van der Waals surface area contributed by atoms with Crippen LogP contribution in [0.5, 0.6) is 5.75 Å². The molecule has 0 aliphatic carbocycles. The van der Waals surface area contributed by atoms with Crippen molar-refractivity contribution in [3.05, 3.63) is 59.4 Å². The Morgan fingerprint density at radius 2 is 2.05 bits per heavy atom. The highest BCUT2D eigenvalue weighted by Gasteiger charge is 2.27. The standard InChI is InChI=1S/C16H15FN2O/c1-2-20-15-6-4-3-5-14(15)19-10-11-7-8-12(17)9-13(11)16(19)18/h3-9,18H,2,10H2,1H3. The second-order valence-electron chi connectivity index (χ2n) is 4.64. The summed E-state index contributed by atoms with van der Waals surface area (Å²) in [6, 6.07) is 12.2. The molecule has 1 heterocycles. The number of amidine groups is 1. The number of hydrogen-bond donors (Lipinski definition) is 1.